The molecule has 1 atom stereocenters. The second kappa shape index (κ2) is 3.09. The van der Waals surface area contributed by atoms with Crippen molar-refractivity contribution in [3.63, 3.8) is 0 Å². The average molecular weight is 188 g/mol. The second-order valence-electron chi connectivity index (χ2n) is 1.73. The molecule has 9 heavy (non-hydrogen) atoms. The van der Waals surface area contributed by atoms with Gasteiger partial charge < -0.3 is 0 Å². The molecule has 0 aliphatic carbocycles. The van der Waals surface area contributed by atoms with Gasteiger partial charge in [-0.25, -0.2) is 0 Å². The maximum atomic E-state index is 8.56. The number of aliphatic hydroxyl groups excluding tert-OH is 1. The maximum absolute atomic E-state index is 8.56. The fourth-order valence-electron chi connectivity index (χ4n) is 0.617. The van der Waals surface area contributed by atoms with Crippen LogP contribution in [0.1, 0.15) is 11.5 Å². The molecule has 3 heteroatoms. The Balaban J connectivity index is 2.74. The summed E-state index contributed by atoms with van der Waals surface area (Å²) in [4.78, 5) is 0. The number of furan rings is 1. The molecule has 0 aliphatic heterocycles. The van der Waals surface area contributed by atoms with Crippen molar-refractivity contribution in [1.82, 2.24) is 0 Å². The van der Waals surface area contributed by atoms with Gasteiger partial charge in [0.1, 0.15) is 0 Å². The predicted octanol–water partition coefficient (Wildman–Crippen LogP) is -0.0950. The first-order valence-corrected chi connectivity index (χ1v) is 4.46. The Morgan fingerprint density at radius 2 is 2.11 bits per heavy atom. The quantitative estimate of drug-likeness (QED) is 0.657. The molecule has 1 aromatic rings. The molecule has 0 radical (unpaired) electrons. The molecule has 0 saturated heterocycles. The van der Waals surface area contributed by atoms with Gasteiger partial charge in [-0.2, -0.15) is 0 Å². The summed E-state index contributed by atoms with van der Waals surface area (Å²) < 4.78 is 5.15. The molecule has 1 rings (SSSR count). The topological polar surface area (TPSA) is 33.4 Å². The van der Waals surface area contributed by atoms with E-state index in [0.717, 1.165) is 11.0 Å². The fourth-order valence-corrected chi connectivity index (χ4v) is 1.08. The normalized spacial score (nSPS) is 10.0. The van der Waals surface area contributed by atoms with Crippen LogP contribution in [0, 0.1) is 0 Å². The Hall–Kier alpha value is -0.202. The van der Waals surface area contributed by atoms with Gasteiger partial charge in [-0.1, -0.05) is 0 Å². The first-order chi connectivity index (χ1) is 4.36. The van der Waals surface area contributed by atoms with E-state index in [4.69, 9.17) is 9.52 Å². The van der Waals surface area contributed by atoms with Gasteiger partial charge in [0.05, 0.1) is 0 Å². The molecule has 0 spiro atoms. The van der Waals surface area contributed by atoms with Crippen molar-refractivity contribution in [2.45, 2.75) is 11.8 Å². The van der Waals surface area contributed by atoms with Crippen LogP contribution < -0.4 is 0 Å². The third-order valence-electron chi connectivity index (χ3n) is 1.07. The van der Waals surface area contributed by atoms with Gasteiger partial charge in [-0.05, 0) is 0 Å². The molecular weight excluding hydrogens is 179 g/mol. The molecule has 1 unspecified atom stereocenters. The molecule has 2 nitrogen and oxygen atoms in total. The van der Waals surface area contributed by atoms with Crippen molar-refractivity contribution in [2.24, 2.45) is 0 Å². The van der Waals surface area contributed by atoms with Gasteiger partial charge in [-0.15, -0.1) is 0 Å². The molecule has 1 heterocycles. The molecule has 0 aliphatic rings. The van der Waals surface area contributed by atoms with E-state index in [0.29, 0.717) is 5.76 Å². The Labute approximate surface area is 62.4 Å². The van der Waals surface area contributed by atoms with Crippen LogP contribution in [0.3, 0.4) is 0 Å². The molecule has 0 amide bonds. The van der Waals surface area contributed by atoms with E-state index in [-0.39, 0.29) is 6.61 Å². The SMILES string of the molecule is OCc1ccc(C[AsH2])o1. The number of hydrogen-bond donors (Lipinski definition) is 1. The molecule has 50 valence electrons. The number of aliphatic hydroxyl groups is 1. The average Bonchev–Trinajstić information content (AvgIpc) is 2.34. The Bertz CT molecular complexity index is 164. The number of rotatable bonds is 2. The monoisotopic (exact) mass is 188 g/mol. The third-order valence-corrected chi connectivity index (χ3v) is 1.92. The van der Waals surface area contributed by atoms with E-state index in [1.165, 1.54) is 0 Å². The predicted molar refractivity (Wildman–Crippen MR) is 36.9 cm³/mol. The van der Waals surface area contributed by atoms with Crippen LogP contribution in [0.15, 0.2) is 16.5 Å². The first kappa shape index (κ1) is 6.91. The summed E-state index contributed by atoms with van der Waals surface area (Å²) in [7, 11) is 0. The summed E-state index contributed by atoms with van der Waals surface area (Å²) in [6.07, 6.45) is 0. The van der Waals surface area contributed by atoms with E-state index < -0.39 is 0 Å². The zero-order chi connectivity index (χ0) is 6.69. The summed E-state index contributed by atoms with van der Waals surface area (Å²) in [6, 6.07) is 3.70. The van der Waals surface area contributed by atoms with Gasteiger partial charge in [-0.3, -0.25) is 0 Å². The van der Waals surface area contributed by atoms with E-state index in [9.17, 15) is 0 Å². The van der Waals surface area contributed by atoms with E-state index in [1.54, 1.807) is 22.9 Å². The zero-order valence-corrected chi connectivity index (χ0v) is 7.42. The van der Waals surface area contributed by atoms with Crippen molar-refractivity contribution < 1.29 is 9.52 Å². The minimum absolute atomic E-state index is 0.00694. The third kappa shape index (κ3) is 1.60. The summed E-state index contributed by atoms with van der Waals surface area (Å²) in [5.74, 6) is 1.61. The summed E-state index contributed by atoms with van der Waals surface area (Å²) >= 11 is 1.61. The van der Waals surface area contributed by atoms with Crippen molar-refractivity contribution in [3.8, 4) is 0 Å². The summed E-state index contributed by atoms with van der Waals surface area (Å²) in [5, 5.41) is 9.51. The van der Waals surface area contributed by atoms with Crippen LogP contribution in [0.25, 0.3) is 0 Å². The zero-order valence-electron chi connectivity index (χ0n) is 5.00. The molecule has 0 saturated carbocycles. The van der Waals surface area contributed by atoms with Gasteiger partial charge in [0.25, 0.3) is 0 Å². The van der Waals surface area contributed by atoms with Crippen LogP contribution in [0.2, 0.25) is 0 Å². The van der Waals surface area contributed by atoms with E-state index in [2.05, 4.69) is 0 Å². The van der Waals surface area contributed by atoms with Crippen molar-refractivity contribution in [1.29, 1.82) is 0 Å². The minimum atomic E-state index is 0.00694. The van der Waals surface area contributed by atoms with Crippen molar-refractivity contribution in [3.05, 3.63) is 23.7 Å². The molecule has 1 N–H and O–H groups in total. The van der Waals surface area contributed by atoms with Gasteiger partial charge in [0.2, 0.25) is 0 Å². The second-order valence-corrected chi connectivity index (χ2v) is 2.59. The van der Waals surface area contributed by atoms with Crippen molar-refractivity contribution >= 4 is 16.9 Å². The Morgan fingerprint density at radius 3 is 2.44 bits per heavy atom. The van der Waals surface area contributed by atoms with Gasteiger partial charge in [0, 0.05) is 0 Å². The molecule has 0 bridgehead atoms. The van der Waals surface area contributed by atoms with E-state index in [1.807, 2.05) is 6.07 Å². The van der Waals surface area contributed by atoms with Crippen LogP contribution in [-0.2, 0) is 11.8 Å². The number of hydrogen-bond acceptors (Lipinski definition) is 2. The standard InChI is InChI=1S/C6H9AsO2/c7-3-5-1-2-6(4-8)9-5/h1-2,8H,3-4,7H2. The van der Waals surface area contributed by atoms with Crippen LogP contribution in [0.4, 0.5) is 0 Å². The summed E-state index contributed by atoms with van der Waals surface area (Å²) in [5.41, 5.74) is 0. The summed E-state index contributed by atoms with van der Waals surface area (Å²) in [6.45, 7) is 0.00694. The van der Waals surface area contributed by atoms with Gasteiger partial charge >= 0.3 is 61.8 Å². The van der Waals surface area contributed by atoms with Crippen LogP contribution >= 0.6 is 0 Å². The van der Waals surface area contributed by atoms with Gasteiger partial charge in [0.15, 0.2) is 0 Å². The van der Waals surface area contributed by atoms with Crippen LogP contribution in [0.5, 0.6) is 0 Å². The molecule has 0 fully saturated rings. The molecule has 1 aromatic heterocycles. The molecular formula is C6H9AsO2. The Kier molecular flexibility index (Phi) is 2.37. The van der Waals surface area contributed by atoms with Crippen LogP contribution in [-0.4, -0.2) is 22.0 Å². The van der Waals surface area contributed by atoms with E-state index >= 15 is 0 Å². The first-order valence-electron chi connectivity index (χ1n) is 2.75. The molecule has 0 aromatic carbocycles. The van der Waals surface area contributed by atoms with Crippen molar-refractivity contribution in [2.75, 3.05) is 0 Å². The Morgan fingerprint density at radius 1 is 1.44 bits per heavy atom. The fraction of sp³-hybridized carbons (Fsp3) is 0.333.